The van der Waals surface area contributed by atoms with Gasteiger partial charge in [0.2, 0.25) is 0 Å². The van der Waals surface area contributed by atoms with Gasteiger partial charge >= 0.3 is 0 Å². The summed E-state index contributed by atoms with van der Waals surface area (Å²) in [7, 11) is 0. The lowest BCUT2D eigenvalue weighted by Crippen LogP contribution is -2.24. The van der Waals surface area contributed by atoms with Gasteiger partial charge in [-0.2, -0.15) is 0 Å². The van der Waals surface area contributed by atoms with Crippen LogP contribution in [0.4, 0.5) is 0 Å². The van der Waals surface area contributed by atoms with Crippen molar-refractivity contribution < 1.29 is 0 Å². The molecule has 0 saturated carbocycles. The third kappa shape index (κ3) is 3.52. The van der Waals surface area contributed by atoms with Crippen LogP contribution in [0, 0.1) is 11.8 Å². The number of hydrogen-bond acceptors (Lipinski definition) is 0. The Kier molecular flexibility index (Phi) is 5.42. The predicted molar refractivity (Wildman–Crippen MR) is 91.4 cm³/mol. The summed E-state index contributed by atoms with van der Waals surface area (Å²) in [5.74, 6) is 1.60. The molecule has 0 N–H and O–H groups in total. The minimum absolute atomic E-state index is 0.434. The van der Waals surface area contributed by atoms with Gasteiger partial charge < -0.3 is 0 Å². The topological polar surface area (TPSA) is 0 Å². The second kappa shape index (κ2) is 7.08. The first kappa shape index (κ1) is 15.3. The molecule has 2 aromatic carbocycles. The van der Waals surface area contributed by atoms with Crippen molar-refractivity contribution in [2.45, 2.75) is 31.5 Å². The first-order valence-electron chi connectivity index (χ1n) is 7.35. The van der Waals surface area contributed by atoms with E-state index in [4.69, 9.17) is 0 Å². The Hall–Kier alpha value is -1.08. The number of rotatable bonds is 5. The second-order valence-corrected chi connectivity index (χ2v) is 6.90. The van der Waals surface area contributed by atoms with Gasteiger partial charge in [0.15, 0.2) is 0 Å². The summed E-state index contributed by atoms with van der Waals surface area (Å²) < 4.78 is 0. The van der Waals surface area contributed by atoms with Gasteiger partial charge in [0.25, 0.3) is 0 Å². The van der Waals surface area contributed by atoms with Crippen LogP contribution in [0.25, 0.3) is 0 Å². The predicted octanol–water partition coefficient (Wildman–Crippen LogP) is 5.87. The highest BCUT2D eigenvalue weighted by atomic mass is 79.9. The summed E-state index contributed by atoms with van der Waals surface area (Å²) in [4.78, 5) is 0.507. The third-order valence-corrected chi connectivity index (χ3v) is 5.87. The molecule has 1 heteroatoms. The Morgan fingerprint density at radius 1 is 0.700 bits per heavy atom. The Morgan fingerprint density at radius 3 is 1.45 bits per heavy atom. The quantitative estimate of drug-likeness (QED) is 0.601. The van der Waals surface area contributed by atoms with Crippen LogP contribution in [0.3, 0.4) is 0 Å². The van der Waals surface area contributed by atoms with Gasteiger partial charge in [-0.1, -0.05) is 97.4 Å². The SMILES string of the molecule is CC(C)C(Br)C(C)C(c1ccccc1)c1ccccc1. The summed E-state index contributed by atoms with van der Waals surface area (Å²) in [6, 6.07) is 21.7. The monoisotopic (exact) mass is 330 g/mol. The van der Waals surface area contributed by atoms with Gasteiger partial charge in [-0.15, -0.1) is 0 Å². The van der Waals surface area contributed by atoms with Crippen molar-refractivity contribution in [3.8, 4) is 0 Å². The first-order valence-corrected chi connectivity index (χ1v) is 8.26. The fourth-order valence-corrected chi connectivity index (χ4v) is 3.22. The average Bonchev–Trinajstić information content (AvgIpc) is 2.48. The summed E-state index contributed by atoms with van der Waals surface area (Å²) in [5.41, 5.74) is 2.80. The van der Waals surface area contributed by atoms with E-state index in [-0.39, 0.29) is 0 Å². The van der Waals surface area contributed by atoms with E-state index in [2.05, 4.69) is 97.4 Å². The minimum atomic E-state index is 0.434. The maximum absolute atomic E-state index is 3.90. The molecule has 2 unspecified atom stereocenters. The largest absolute Gasteiger partial charge is 0.0885 e. The molecule has 0 aliphatic heterocycles. The van der Waals surface area contributed by atoms with Crippen molar-refractivity contribution in [1.82, 2.24) is 0 Å². The number of halogens is 1. The van der Waals surface area contributed by atoms with E-state index in [0.29, 0.717) is 22.6 Å². The third-order valence-electron chi connectivity index (χ3n) is 3.98. The minimum Gasteiger partial charge on any atom is -0.0885 e. The lowest BCUT2D eigenvalue weighted by atomic mass is 9.78. The van der Waals surface area contributed by atoms with E-state index in [9.17, 15) is 0 Å². The van der Waals surface area contributed by atoms with Crippen LogP contribution < -0.4 is 0 Å². The molecule has 2 atom stereocenters. The number of hydrogen-bond donors (Lipinski definition) is 0. The van der Waals surface area contributed by atoms with Crippen LogP contribution in [0.15, 0.2) is 60.7 Å². The van der Waals surface area contributed by atoms with Crippen molar-refractivity contribution in [2.75, 3.05) is 0 Å². The van der Waals surface area contributed by atoms with Crippen LogP contribution in [0.5, 0.6) is 0 Å². The Balaban J connectivity index is 2.40. The van der Waals surface area contributed by atoms with Crippen molar-refractivity contribution in [3.05, 3.63) is 71.8 Å². The van der Waals surface area contributed by atoms with Gasteiger partial charge in [-0.25, -0.2) is 0 Å². The van der Waals surface area contributed by atoms with Gasteiger partial charge in [0.1, 0.15) is 0 Å². The van der Waals surface area contributed by atoms with Crippen LogP contribution in [0.1, 0.15) is 37.8 Å². The van der Waals surface area contributed by atoms with Gasteiger partial charge in [-0.3, -0.25) is 0 Å². The molecule has 0 heterocycles. The van der Waals surface area contributed by atoms with Gasteiger partial charge in [0.05, 0.1) is 0 Å². The van der Waals surface area contributed by atoms with Gasteiger partial charge in [0, 0.05) is 10.7 Å². The zero-order chi connectivity index (χ0) is 14.5. The molecule has 0 radical (unpaired) electrons. The lowest BCUT2D eigenvalue weighted by molar-refractivity contribution is 0.424. The van der Waals surface area contributed by atoms with E-state index in [1.54, 1.807) is 0 Å². The van der Waals surface area contributed by atoms with E-state index >= 15 is 0 Å². The van der Waals surface area contributed by atoms with Crippen molar-refractivity contribution in [2.24, 2.45) is 11.8 Å². The molecule has 0 aliphatic carbocycles. The van der Waals surface area contributed by atoms with Crippen molar-refractivity contribution >= 4 is 15.9 Å². The zero-order valence-corrected chi connectivity index (χ0v) is 14.0. The summed E-state index contributed by atoms with van der Waals surface area (Å²) >= 11 is 3.90. The van der Waals surface area contributed by atoms with Crippen LogP contribution >= 0.6 is 15.9 Å². The fourth-order valence-electron chi connectivity index (χ4n) is 2.91. The standard InChI is InChI=1S/C19H23Br/c1-14(2)19(20)15(3)18(16-10-6-4-7-11-16)17-12-8-5-9-13-17/h4-15,18-19H,1-3H3. The normalized spacial score (nSPS) is 14.5. The Labute approximate surface area is 131 Å². The molecule has 0 fully saturated rings. The number of benzene rings is 2. The molecule has 106 valence electrons. The van der Waals surface area contributed by atoms with Crippen LogP contribution in [0.2, 0.25) is 0 Å². The lowest BCUT2D eigenvalue weighted by Gasteiger charge is -2.31. The zero-order valence-electron chi connectivity index (χ0n) is 12.5. The highest BCUT2D eigenvalue weighted by molar-refractivity contribution is 9.09. The summed E-state index contributed by atoms with van der Waals surface area (Å²) in [6.07, 6.45) is 0. The van der Waals surface area contributed by atoms with Crippen LogP contribution in [-0.4, -0.2) is 4.83 Å². The van der Waals surface area contributed by atoms with E-state index in [1.807, 2.05) is 0 Å². The molecule has 2 aromatic rings. The van der Waals surface area contributed by atoms with Crippen molar-refractivity contribution in [1.29, 1.82) is 0 Å². The number of alkyl halides is 1. The highest BCUT2D eigenvalue weighted by Gasteiger charge is 2.28. The molecular weight excluding hydrogens is 308 g/mol. The molecule has 0 nitrogen and oxygen atoms in total. The maximum atomic E-state index is 3.90. The van der Waals surface area contributed by atoms with E-state index < -0.39 is 0 Å². The highest BCUT2D eigenvalue weighted by Crippen LogP contribution is 2.38. The molecule has 0 aliphatic rings. The first-order chi connectivity index (χ1) is 9.61. The fraction of sp³-hybridized carbons (Fsp3) is 0.368. The summed E-state index contributed by atoms with van der Waals surface area (Å²) in [5, 5.41) is 0. The molecular formula is C19H23Br. The molecule has 0 spiro atoms. The van der Waals surface area contributed by atoms with Gasteiger partial charge in [-0.05, 0) is 23.0 Å². The van der Waals surface area contributed by atoms with E-state index in [1.165, 1.54) is 11.1 Å². The molecule has 0 bridgehead atoms. The molecule has 0 aromatic heterocycles. The van der Waals surface area contributed by atoms with E-state index in [0.717, 1.165) is 0 Å². The summed E-state index contributed by atoms with van der Waals surface area (Å²) in [6.45, 7) is 6.91. The Bertz CT molecular complexity index is 464. The Morgan fingerprint density at radius 2 is 1.10 bits per heavy atom. The molecule has 2 rings (SSSR count). The maximum Gasteiger partial charge on any atom is 0.0203 e. The molecule has 0 saturated heterocycles. The smallest absolute Gasteiger partial charge is 0.0203 e. The van der Waals surface area contributed by atoms with Crippen molar-refractivity contribution in [3.63, 3.8) is 0 Å². The second-order valence-electron chi connectivity index (χ2n) is 5.85. The van der Waals surface area contributed by atoms with Crippen LogP contribution in [-0.2, 0) is 0 Å². The molecule has 20 heavy (non-hydrogen) atoms. The molecule has 0 amide bonds. The average molecular weight is 331 g/mol.